The van der Waals surface area contributed by atoms with Crippen molar-refractivity contribution in [1.82, 2.24) is 9.97 Å². The number of fused-ring (bicyclic) bond motifs is 1. The smallest absolute Gasteiger partial charge is 0.161 e. The van der Waals surface area contributed by atoms with E-state index >= 15 is 0 Å². The van der Waals surface area contributed by atoms with Crippen molar-refractivity contribution in [1.29, 1.82) is 0 Å². The van der Waals surface area contributed by atoms with Crippen molar-refractivity contribution in [2.75, 3.05) is 5.43 Å². The Bertz CT molecular complexity index is 615. The van der Waals surface area contributed by atoms with Crippen LogP contribution in [0.3, 0.4) is 0 Å². The number of nitrogens with zero attached hydrogens (tertiary/aromatic N) is 2. The molecule has 0 radical (unpaired) electrons. The van der Waals surface area contributed by atoms with Crippen LogP contribution in [0.15, 0.2) is 24.3 Å². The number of nitrogens with two attached hydrogens (primary N) is 1. The number of benzene rings is 1. The third kappa shape index (κ3) is 2.76. The van der Waals surface area contributed by atoms with E-state index in [0.29, 0.717) is 5.92 Å². The Morgan fingerprint density at radius 1 is 1.05 bits per heavy atom. The monoisotopic (exact) mass is 282 g/mol. The summed E-state index contributed by atoms with van der Waals surface area (Å²) in [6.07, 6.45) is 4.41. The molecular formula is C17H22N4. The molecule has 0 fully saturated rings. The van der Waals surface area contributed by atoms with Crippen molar-refractivity contribution in [3.8, 4) is 11.4 Å². The van der Waals surface area contributed by atoms with Gasteiger partial charge in [0.15, 0.2) is 5.82 Å². The molecule has 1 aromatic heterocycles. The van der Waals surface area contributed by atoms with Gasteiger partial charge in [-0.1, -0.05) is 38.1 Å². The SMILES string of the molecule is CC(C)c1ccc(-c2nc3c(c(NN)n2)CCCC3)cc1. The Kier molecular flexibility index (Phi) is 3.88. The molecule has 1 aromatic carbocycles. The van der Waals surface area contributed by atoms with E-state index in [1.807, 2.05) is 0 Å². The summed E-state index contributed by atoms with van der Waals surface area (Å²) >= 11 is 0. The molecule has 0 spiro atoms. The molecule has 4 nitrogen and oxygen atoms in total. The fraction of sp³-hybridized carbons (Fsp3) is 0.412. The molecule has 110 valence electrons. The van der Waals surface area contributed by atoms with Crippen LogP contribution in [0, 0.1) is 0 Å². The molecule has 4 heteroatoms. The molecule has 0 saturated heterocycles. The molecule has 0 bridgehead atoms. The number of nitrogens with one attached hydrogen (secondary N) is 1. The summed E-state index contributed by atoms with van der Waals surface area (Å²) in [5.74, 6) is 7.72. The van der Waals surface area contributed by atoms with E-state index in [-0.39, 0.29) is 0 Å². The average Bonchev–Trinajstić information content (AvgIpc) is 2.53. The van der Waals surface area contributed by atoms with E-state index in [2.05, 4.69) is 48.5 Å². The highest BCUT2D eigenvalue weighted by Gasteiger charge is 2.18. The highest BCUT2D eigenvalue weighted by Crippen LogP contribution is 2.28. The molecule has 3 N–H and O–H groups in total. The molecule has 3 rings (SSSR count). The standard InChI is InChI=1S/C17H22N4/c1-11(2)12-7-9-13(10-8-12)16-19-15-6-4-3-5-14(15)17(20-16)21-18/h7-11H,3-6,18H2,1-2H3,(H,19,20,21). The largest absolute Gasteiger partial charge is 0.308 e. The van der Waals surface area contributed by atoms with E-state index in [0.717, 1.165) is 35.7 Å². The van der Waals surface area contributed by atoms with Gasteiger partial charge in [0.25, 0.3) is 0 Å². The predicted octanol–water partition coefficient (Wildman–Crippen LogP) is 3.43. The number of rotatable bonds is 3. The number of nitrogen functional groups attached to an aromatic ring is 1. The minimum atomic E-state index is 0.532. The normalized spacial score (nSPS) is 14.1. The van der Waals surface area contributed by atoms with Crippen molar-refractivity contribution in [3.63, 3.8) is 0 Å². The third-order valence-electron chi connectivity index (χ3n) is 4.16. The number of anilines is 1. The van der Waals surface area contributed by atoms with Gasteiger partial charge >= 0.3 is 0 Å². The summed E-state index contributed by atoms with van der Waals surface area (Å²) in [5.41, 5.74) is 7.45. The number of aryl methyl sites for hydroxylation is 1. The van der Waals surface area contributed by atoms with Gasteiger partial charge in [-0.05, 0) is 37.2 Å². The fourth-order valence-electron chi connectivity index (χ4n) is 2.86. The predicted molar refractivity (Wildman–Crippen MR) is 86.0 cm³/mol. The van der Waals surface area contributed by atoms with Crippen LogP contribution in [0.2, 0.25) is 0 Å². The maximum Gasteiger partial charge on any atom is 0.161 e. The molecule has 0 amide bonds. The first-order valence-electron chi connectivity index (χ1n) is 7.65. The Balaban J connectivity index is 2.02. The lowest BCUT2D eigenvalue weighted by Crippen LogP contribution is -2.17. The molecule has 2 aromatic rings. The van der Waals surface area contributed by atoms with Gasteiger partial charge in [-0.2, -0.15) is 0 Å². The lowest BCUT2D eigenvalue weighted by Gasteiger charge is -2.18. The van der Waals surface area contributed by atoms with Gasteiger partial charge in [0.1, 0.15) is 5.82 Å². The Morgan fingerprint density at radius 3 is 2.43 bits per heavy atom. The van der Waals surface area contributed by atoms with Gasteiger partial charge in [0, 0.05) is 16.8 Å². The van der Waals surface area contributed by atoms with Gasteiger partial charge in [0.05, 0.1) is 0 Å². The van der Waals surface area contributed by atoms with Crippen LogP contribution in [0.25, 0.3) is 11.4 Å². The topological polar surface area (TPSA) is 63.8 Å². The van der Waals surface area contributed by atoms with E-state index < -0.39 is 0 Å². The zero-order valence-electron chi connectivity index (χ0n) is 12.7. The Morgan fingerprint density at radius 2 is 1.76 bits per heavy atom. The lowest BCUT2D eigenvalue weighted by atomic mass is 9.96. The zero-order valence-corrected chi connectivity index (χ0v) is 12.7. The van der Waals surface area contributed by atoms with Crippen LogP contribution < -0.4 is 11.3 Å². The molecule has 0 saturated carbocycles. The van der Waals surface area contributed by atoms with Crippen molar-refractivity contribution in [3.05, 3.63) is 41.1 Å². The number of hydrogen-bond donors (Lipinski definition) is 2. The molecule has 1 aliphatic carbocycles. The van der Waals surface area contributed by atoms with Crippen molar-refractivity contribution < 1.29 is 0 Å². The summed E-state index contributed by atoms with van der Waals surface area (Å²) in [6.45, 7) is 4.39. The Hall–Kier alpha value is -1.94. The first kappa shape index (κ1) is 14.0. The lowest BCUT2D eigenvalue weighted by molar-refractivity contribution is 0.665. The number of aromatic nitrogens is 2. The highest BCUT2D eigenvalue weighted by molar-refractivity contribution is 5.60. The molecule has 1 aliphatic rings. The van der Waals surface area contributed by atoms with Crippen LogP contribution in [-0.2, 0) is 12.8 Å². The first-order valence-corrected chi connectivity index (χ1v) is 7.65. The van der Waals surface area contributed by atoms with Crippen molar-refractivity contribution in [2.45, 2.75) is 45.4 Å². The van der Waals surface area contributed by atoms with Crippen molar-refractivity contribution in [2.24, 2.45) is 5.84 Å². The molecule has 0 atom stereocenters. The van der Waals surface area contributed by atoms with Gasteiger partial charge in [-0.25, -0.2) is 15.8 Å². The van der Waals surface area contributed by atoms with E-state index in [4.69, 9.17) is 10.8 Å². The minimum absolute atomic E-state index is 0.532. The molecule has 21 heavy (non-hydrogen) atoms. The van der Waals surface area contributed by atoms with Crippen molar-refractivity contribution >= 4 is 5.82 Å². The van der Waals surface area contributed by atoms with E-state index in [1.165, 1.54) is 24.0 Å². The van der Waals surface area contributed by atoms with Gasteiger partial charge < -0.3 is 5.43 Å². The van der Waals surface area contributed by atoms with Gasteiger partial charge in [-0.15, -0.1) is 0 Å². The maximum atomic E-state index is 5.64. The molecular weight excluding hydrogens is 260 g/mol. The van der Waals surface area contributed by atoms with Crippen LogP contribution in [0.1, 0.15) is 49.4 Å². The minimum Gasteiger partial charge on any atom is -0.308 e. The maximum absolute atomic E-state index is 5.64. The first-order chi connectivity index (χ1) is 10.2. The summed E-state index contributed by atoms with van der Waals surface area (Å²) in [7, 11) is 0. The molecule has 0 aliphatic heterocycles. The van der Waals surface area contributed by atoms with Crippen LogP contribution in [0.5, 0.6) is 0 Å². The zero-order chi connectivity index (χ0) is 14.8. The Labute approximate surface area is 125 Å². The highest BCUT2D eigenvalue weighted by atomic mass is 15.3. The third-order valence-corrected chi connectivity index (χ3v) is 4.16. The second kappa shape index (κ2) is 5.82. The number of hydrazine groups is 1. The van der Waals surface area contributed by atoms with Crippen LogP contribution in [-0.4, -0.2) is 9.97 Å². The number of hydrogen-bond acceptors (Lipinski definition) is 4. The second-order valence-electron chi connectivity index (χ2n) is 5.95. The molecule has 1 heterocycles. The summed E-state index contributed by atoms with van der Waals surface area (Å²) in [6, 6.07) is 8.50. The van der Waals surface area contributed by atoms with E-state index in [9.17, 15) is 0 Å². The summed E-state index contributed by atoms with van der Waals surface area (Å²) < 4.78 is 0. The molecule has 0 unspecified atom stereocenters. The second-order valence-corrected chi connectivity index (χ2v) is 5.95. The summed E-state index contributed by atoms with van der Waals surface area (Å²) in [4.78, 5) is 9.36. The summed E-state index contributed by atoms with van der Waals surface area (Å²) in [5, 5.41) is 0. The van der Waals surface area contributed by atoms with Gasteiger partial charge in [-0.3, -0.25) is 0 Å². The van der Waals surface area contributed by atoms with Gasteiger partial charge in [0.2, 0.25) is 0 Å². The van der Waals surface area contributed by atoms with Crippen LogP contribution in [0.4, 0.5) is 5.82 Å². The quantitative estimate of drug-likeness (QED) is 0.668. The average molecular weight is 282 g/mol. The van der Waals surface area contributed by atoms with Crippen LogP contribution >= 0.6 is 0 Å². The van der Waals surface area contributed by atoms with E-state index in [1.54, 1.807) is 0 Å². The fourth-order valence-corrected chi connectivity index (χ4v) is 2.86.